The number of fused-ring (bicyclic) bond motifs is 2. The quantitative estimate of drug-likeness (QED) is 0.905. The van der Waals surface area contributed by atoms with E-state index in [4.69, 9.17) is 0 Å². The van der Waals surface area contributed by atoms with Gasteiger partial charge in [0.05, 0.1) is 12.1 Å². The molecule has 25 heavy (non-hydrogen) atoms. The molecule has 0 saturated carbocycles. The van der Waals surface area contributed by atoms with E-state index in [1.54, 1.807) is 4.90 Å². The second kappa shape index (κ2) is 6.48. The number of carbonyl (C=O) groups is 2. The smallest absolute Gasteiger partial charge is 0.308 e. The number of nitrogens with one attached hydrogen (secondary N) is 2. The summed E-state index contributed by atoms with van der Waals surface area (Å²) in [6.07, 6.45) is 1.53. The van der Waals surface area contributed by atoms with Gasteiger partial charge in [-0.2, -0.15) is 0 Å². The zero-order valence-corrected chi connectivity index (χ0v) is 14.4. The molecule has 0 spiro atoms. The molecule has 3 atom stereocenters. The highest BCUT2D eigenvalue weighted by atomic mass is 16.2. The van der Waals surface area contributed by atoms with Crippen LogP contribution in [0.3, 0.4) is 0 Å². The molecule has 2 saturated heterocycles. The molecule has 130 valence electrons. The number of benzene rings is 2. The van der Waals surface area contributed by atoms with Gasteiger partial charge in [0.15, 0.2) is 0 Å². The maximum Gasteiger partial charge on any atom is 0.325 e. The zero-order valence-electron chi connectivity index (χ0n) is 14.4. The predicted octanol–water partition coefficient (Wildman–Crippen LogP) is 2.82. The molecule has 2 fully saturated rings. The average molecular weight is 337 g/mol. The summed E-state index contributed by atoms with van der Waals surface area (Å²) in [6.45, 7) is 3.50. The van der Waals surface area contributed by atoms with E-state index in [1.807, 2.05) is 19.1 Å². The molecule has 2 N–H and O–H groups in total. The summed E-state index contributed by atoms with van der Waals surface area (Å²) in [5.41, 5.74) is 1.20. The lowest BCUT2D eigenvalue weighted by Crippen LogP contribution is -2.68. The molecule has 2 aromatic carbocycles. The van der Waals surface area contributed by atoms with Gasteiger partial charge < -0.3 is 4.90 Å². The molecule has 5 nitrogen and oxygen atoms in total. The highest BCUT2D eigenvalue weighted by Gasteiger charge is 2.47. The molecule has 2 heterocycles. The summed E-state index contributed by atoms with van der Waals surface area (Å²) in [5.74, 6) is -0.318. The topological polar surface area (TPSA) is 61.4 Å². The van der Waals surface area contributed by atoms with Gasteiger partial charge in [0.2, 0.25) is 5.91 Å². The van der Waals surface area contributed by atoms with Crippen molar-refractivity contribution in [2.45, 2.75) is 31.8 Å². The number of carbonyl (C=O) groups excluding carboxylic acids is 2. The van der Waals surface area contributed by atoms with Crippen LogP contribution in [-0.2, 0) is 4.79 Å². The molecule has 5 heteroatoms. The minimum Gasteiger partial charge on any atom is -0.308 e. The number of rotatable bonds is 3. The molecule has 2 aliphatic heterocycles. The van der Waals surface area contributed by atoms with Gasteiger partial charge >= 0.3 is 6.03 Å². The second-order valence-electron chi connectivity index (χ2n) is 6.88. The lowest BCUT2D eigenvalue weighted by Gasteiger charge is -2.47. The fraction of sp³-hybridized carbons (Fsp3) is 0.400. The van der Waals surface area contributed by atoms with Crippen molar-refractivity contribution in [3.05, 3.63) is 48.0 Å². The van der Waals surface area contributed by atoms with Gasteiger partial charge in [0.1, 0.15) is 0 Å². The Morgan fingerprint density at radius 2 is 1.92 bits per heavy atom. The Morgan fingerprint density at radius 3 is 2.76 bits per heavy atom. The fourth-order valence-corrected chi connectivity index (χ4v) is 4.33. The molecule has 0 aromatic heterocycles. The van der Waals surface area contributed by atoms with E-state index < -0.39 is 0 Å². The largest absolute Gasteiger partial charge is 0.325 e. The highest BCUT2D eigenvalue weighted by molar-refractivity contribution is 5.99. The Hall–Kier alpha value is -2.40. The third-order valence-electron chi connectivity index (χ3n) is 5.40. The molecule has 3 amide bonds. The normalized spacial score (nSPS) is 26.4. The van der Waals surface area contributed by atoms with Gasteiger partial charge in [-0.1, -0.05) is 49.4 Å². The number of piperidine rings is 1. The van der Waals surface area contributed by atoms with Crippen molar-refractivity contribution >= 4 is 22.7 Å². The monoisotopic (exact) mass is 337 g/mol. The Morgan fingerprint density at radius 1 is 1.12 bits per heavy atom. The van der Waals surface area contributed by atoms with Crippen molar-refractivity contribution < 1.29 is 9.59 Å². The zero-order chi connectivity index (χ0) is 17.4. The third kappa shape index (κ3) is 2.68. The van der Waals surface area contributed by atoms with Crippen LogP contribution in [0.15, 0.2) is 42.5 Å². The molecule has 2 aromatic rings. The first-order valence-corrected chi connectivity index (χ1v) is 9.03. The van der Waals surface area contributed by atoms with E-state index in [9.17, 15) is 9.59 Å². The van der Waals surface area contributed by atoms with Crippen LogP contribution in [0.4, 0.5) is 4.79 Å². The maximum atomic E-state index is 12.7. The van der Waals surface area contributed by atoms with Crippen molar-refractivity contribution in [3.63, 3.8) is 0 Å². The molecule has 0 radical (unpaired) electrons. The van der Waals surface area contributed by atoms with Gasteiger partial charge in [-0.3, -0.25) is 15.4 Å². The minimum absolute atomic E-state index is 0.102. The van der Waals surface area contributed by atoms with E-state index >= 15 is 0 Å². The first-order valence-electron chi connectivity index (χ1n) is 9.03. The highest BCUT2D eigenvalue weighted by Crippen LogP contribution is 2.39. The van der Waals surface area contributed by atoms with E-state index in [2.05, 4.69) is 41.0 Å². The molecule has 2 aliphatic rings. The Bertz CT molecular complexity index is 814. The summed E-state index contributed by atoms with van der Waals surface area (Å²) >= 11 is 0. The van der Waals surface area contributed by atoms with Crippen molar-refractivity contribution in [2.24, 2.45) is 5.92 Å². The Labute approximate surface area is 147 Å². The molecule has 0 bridgehead atoms. The van der Waals surface area contributed by atoms with Gasteiger partial charge in [-0.25, -0.2) is 4.79 Å². The summed E-state index contributed by atoms with van der Waals surface area (Å²) in [6, 6.07) is 14.3. The summed E-state index contributed by atoms with van der Waals surface area (Å²) < 4.78 is 0. The van der Waals surface area contributed by atoms with Crippen LogP contribution in [0.1, 0.15) is 31.2 Å². The Balaban J connectivity index is 1.77. The van der Waals surface area contributed by atoms with Gasteiger partial charge in [0.25, 0.3) is 0 Å². The molecule has 0 aliphatic carbocycles. The molecule has 4 rings (SSSR count). The van der Waals surface area contributed by atoms with Crippen LogP contribution in [0, 0.1) is 5.92 Å². The van der Waals surface area contributed by atoms with Crippen LogP contribution in [0.25, 0.3) is 10.8 Å². The van der Waals surface area contributed by atoms with Crippen molar-refractivity contribution in [1.29, 1.82) is 0 Å². The lowest BCUT2D eigenvalue weighted by molar-refractivity contribution is -0.131. The third-order valence-corrected chi connectivity index (χ3v) is 5.40. The van der Waals surface area contributed by atoms with E-state index in [1.165, 1.54) is 16.3 Å². The molecular weight excluding hydrogens is 314 g/mol. The van der Waals surface area contributed by atoms with Gasteiger partial charge in [-0.15, -0.1) is 0 Å². The number of urea groups is 1. The second-order valence-corrected chi connectivity index (χ2v) is 6.88. The van der Waals surface area contributed by atoms with Crippen LogP contribution in [0.5, 0.6) is 0 Å². The van der Waals surface area contributed by atoms with Crippen LogP contribution in [0.2, 0.25) is 0 Å². The van der Waals surface area contributed by atoms with Crippen LogP contribution >= 0.6 is 0 Å². The van der Waals surface area contributed by atoms with Crippen LogP contribution < -0.4 is 10.6 Å². The van der Waals surface area contributed by atoms with E-state index in [-0.39, 0.29) is 29.9 Å². The van der Waals surface area contributed by atoms with Gasteiger partial charge in [-0.05, 0) is 35.7 Å². The lowest BCUT2D eigenvalue weighted by atomic mass is 9.76. The van der Waals surface area contributed by atoms with E-state index in [0.29, 0.717) is 6.54 Å². The van der Waals surface area contributed by atoms with Crippen LogP contribution in [-0.4, -0.2) is 36.1 Å². The molecular formula is C20H23N3O2. The first-order chi connectivity index (χ1) is 12.2. The predicted molar refractivity (Wildman–Crippen MR) is 97.1 cm³/mol. The standard InChI is InChI=1S/C20H23N3O2/c1-2-12-23-18-17(19(24)22-20(23)25)16(10-11-21-18)15-9-5-7-13-6-3-4-8-14(13)15/h3-9,16-18,21H,2,10-12H2,1H3,(H,22,24,25). The summed E-state index contributed by atoms with van der Waals surface area (Å²) in [4.78, 5) is 26.8. The minimum atomic E-state index is -0.279. The Kier molecular flexibility index (Phi) is 4.17. The number of hydrogen-bond donors (Lipinski definition) is 2. The van der Waals surface area contributed by atoms with Crippen molar-refractivity contribution in [1.82, 2.24) is 15.5 Å². The summed E-state index contributed by atoms with van der Waals surface area (Å²) in [5, 5.41) is 8.36. The first kappa shape index (κ1) is 16.1. The number of imide groups is 1. The number of amides is 3. The van der Waals surface area contributed by atoms with Crippen molar-refractivity contribution in [2.75, 3.05) is 13.1 Å². The number of nitrogens with zero attached hydrogens (tertiary/aromatic N) is 1. The number of hydrogen-bond acceptors (Lipinski definition) is 3. The van der Waals surface area contributed by atoms with E-state index in [0.717, 1.165) is 19.4 Å². The maximum absolute atomic E-state index is 12.7. The van der Waals surface area contributed by atoms with Crippen molar-refractivity contribution in [3.8, 4) is 0 Å². The average Bonchev–Trinajstić information content (AvgIpc) is 2.64. The molecule has 3 unspecified atom stereocenters. The van der Waals surface area contributed by atoms with Gasteiger partial charge in [0, 0.05) is 12.5 Å². The summed E-state index contributed by atoms with van der Waals surface area (Å²) in [7, 11) is 0. The SMILES string of the molecule is CCCN1C(=O)NC(=O)C2C(c3cccc4ccccc34)CCNC21. The fourth-order valence-electron chi connectivity index (χ4n) is 4.33.